The van der Waals surface area contributed by atoms with Gasteiger partial charge in [-0.1, -0.05) is 18.2 Å². The molecule has 1 saturated heterocycles. The van der Waals surface area contributed by atoms with E-state index >= 15 is 0 Å². The van der Waals surface area contributed by atoms with Gasteiger partial charge in [0.15, 0.2) is 0 Å². The molecule has 8 heteroatoms. The van der Waals surface area contributed by atoms with E-state index in [1.807, 2.05) is 19.1 Å². The Kier molecular flexibility index (Phi) is 4.43. The summed E-state index contributed by atoms with van der Waals surface area (Å²) in [6.45, 7) is 1.89. The van der Waals surface area contributed by atoms with Crippen LogP contribution in [0.15, 0.2) is 46.4 Å². The molecule has 0 aromatic heterocycles. The summed E-state index contributed by atoms with van der Waals surface area (Å²) in [6.07, 6.45) is 4.86. The standard InChI is InChI=1S/C24H24ClN5O2/c1-24(25)12-26-22(30-21(24)28-18-7-3-5-13-4-2-6-16(13)18)27-15-9-8-14-10-19-20(17(14)11-15)29-23(31)32-19/h3,5,7-9,11-12,19-20,22,27H,2,4,6,10H2,1H3,(H,28,30)(H,29,31)/t19-,20+,22?,24?/m1/s1. The van der Waals surface area contributed by atoms with Crippen LogP contribution in [0.4, 0.5) is 16.2 Å². The van der Waals surface area contributed by atoms with Crippen molar-refractivity contribution >= 4 is 41.1 Å². The first-order chi connectivity index (χ1) is 15.5. The molecule has 2 heterocycles. The van der Waals surface area contributed by atoms with Gasteiger partial charge in [0.05, 0.1) is 6.04 Å². The number of alkyl halides is 1. The Morgan fingerprint density at radius 1 is 1.22 bits per heavy atom. The number of carbonyl (C=O) groups excluding carboxylic acids is 1. The summed E-state index contributed by atoms with van der Waals surface area (Å²) in [6, 6.07) is 12.4. The van der Waals surface area contributed by atoms with Gasteiger partial charge in [-0.05, 0) is 66.6 Å². The lowest BCUT2D eigenvalue weighted by atomic mass is 10.1. The number of amidine groups is 1. The second kappa shape index (κ2) is 7.24. The third-order valence-electron chi connectivity index (χ3n) is 6.67. The molecule has 2 aliphatic carbocycles. The van der Waals surface area contributed by atoms with E-state index in [0.29, 0.717) is 5.84 Å². The lowest BCUT2D eigenvalue weighted by Gasteiger charge is -2.28. The van der Waals surface area contributed by atoms with Crippen LogP contribution in [0, 0.1) is 0 Å². The maximum Gasteiger partial charge on any atom is 0.408 e. The van der Waals surface area contributed by atoms with E-state index in [-0.39, 0.29) is 18.2 Å². The number of anilines is 2. The van der Waals surface area contributed by atoms with Crippen molar-refractivity contribution in [3.8, 4) is 0 Å². The highest BCUT2D eigenvalue weighted by atomic mass is 35.5. The van der Waals surface area contributed by atoms with Gasteiger partial charge < -0.3 is 20.7 Å². The second-order valence-electron chi connectivity index (χ2n) is 8.95. The number of nitrogens with one attached hydrogen (secondary N) is 3. The average Bonchev–Trinajstić information content (AvgIpc) is 3.45. The van der Waals surface area contributed by atoms with Gasteiger partial charge in [0, 0.05) is 24.0 Å². The molecule has 4 aliphatic rings. The highest BCUT2D eigenvalue weighted by Crippen LogP contribution is 2.38. The Hall–Kier alpha value is -3.06. The SMILES string of the molecule is CC1(Cl)C=NC(Nc2ccc3c(c2)[C@@H]2NC(=O)O[C@@H]2C3)N=C1Nc1cccc2c1CCC2. The van der Waals surface area contributed by atoms with Crippen molar-refractivity contribution in [1.82, 2.24) is 5.32 Å². The Morgan fingerprint density at radius 2 is 2.12 bits per heavy atom. The van der Waals surface area contributed by atoms with Gasteiger partial charge in [0.25, 0.3) is 0 Å². The monoisotopic (exact) mass is 449 g/mol. The van der Waals surface area contributed by atoms with Crippen LogP contribution < -0.4 is 16.0 Å². The third kappa shape index (κ3) is 3.32. The maximum atomic E-state index is 11.6. The predicted molar refractivity (Wildman–Crippen MR) is 126 cm³/mol. The molecule has 164 valence electrons. The van der Waals surface area contributed by atoms with Crippen molar-refractivity contribution in [3.63, 3.8) is 0 Å². The van der Waals surface area contributed by atoms with E-state index in [9.17, 15) is 4.79 Å². The van der Waals surface area contributed by atoms with Crippen LogP contribution in [0.5, 0.6) is 0 Å². The van der Waals surface area contributed by atoms with E-state index in [0.717, 1.165) is 36.2 Å². The molecule has 1 amide bonds. The molecule has 32 heavy (non-hydrogen) atoms. The lowest BCUT2D eigenvalue weighted by molar-refractivity contribution is 0.136. The Balaban J connectivity index is 1.24. The minimum atomic E-state index is -0.809. The molecule has 0 spiro atoms. The molecule has 7 nitrogen and oxygen atoms in total. The van der Waals surface area contributed by atoms with Crippen LogP contribution in [0.25, 0.3) is 0 Å². The molecule has 2 aliphatic heterocycles. The number of fused-ring (bicyclic) bond motifs is 4. The minimum absolute atomic E-state index is 0.0962. The topological polar surface area (TPSA) is 87.1 Å². The maximum absolute atomic E-state index is 11.6. The van der Waals surface area contributed by atoms with Gasteiger partial charge in [-0.2, -0.15) is 0 Å². The van der Waals surface area contributed by atoms with E-state index in [4.69, 9.17) is 21.3 Å². The number of ether oxygens (including phenoxy) is 1. The molecule has 3 N–H and O–H groups in total. The molecule has 0 radical (unpaired) electrons. The fraction of sp³-hybridized carbons (Fsp3) is 0.375. The Bertz CT molecular complexity index is 1170. The molecule has 0 bridgehead atoms. The van der Waals surface area contributed by atoms with E-state index in [1.165, 1.54) is 23.1 Å². The van der Waals surface area contributed by atoms with E-state index in [1.54, 1.807) is 6.21 Å². The zero-order valence-corrected chi connectivity index (χ0v) is 18.4. The number of aryl methyl sites for hydroxylation is 1. The van der Waals surface area contributed by atoms with Gasteiger partial charge in [-0.15, -0.1) is 11.6 Å². The van der Waals surface area contributed by atoms with Gasteiger partial charge in [0.1, 0.15) is 16.8 Å². The van der Waals surface area contributed by atoms with E-state index in [2.05, 4.69) is 45.2 Å². The summed E-state index contributed by atoms with van der Waals surface area (Å²) in [4.78, 5) is 20.1. The van der Waals surface area contributed by atoms with Crippen LogP contribution >= 0.6 is 11.6 Å². The Morgan fingerprint density at radius 3 is 3.03 bits per heavy atom. The number of aliphatic imine (C=N–C) groups is 2. The number of carbonyl (C=O) groups is 1. The van der Waals surface area contributed by atoms with Crippen LogP contribution in [-0.2, 0) is 24.0 Å². The molecule has 6 rings (SSSR count). The van der Waals surface area contributed by atoms with Crippen molar-refractivity contribution in [1.29, 1.82) is 0 Å². The number of nitrogens with zero attached hydrogens (tertiary/aromatic N) is 2. The average molecular weight is 450 g/mol. The third-order valence-corrected chi connectivity index (χ3v) is 6.95. The molecule has 2 unspecified atom stereocenters. The largest absolute Gasteiger partial charge is 0.443 e. The summed E-state index contributed by atoms with van der Waals surface area (Å²) in [7, 11) is 0. The second-order valence-corrected chi connectivity index (χ2v) is 9.74. The van der Waals surface area contributed by atoms with Crippen molar-refractivity contribution < 1.29 is 9.53 Å². The summed E-state index contributed by atoms with van der Waals surface area (Å²) in [5.74, 6) is 0.671. The summed E-state index contributed by atoms with van der Waals surface area (Å²) in [5.41, 5.74) is 6.97. The van der Waals surface area contributed by atoms with Crippen molar-refractivity contribution in [2.24, 2.45) is 9.98 Å². The minimum Gasteiger partial charge on any atom is -0.443 e. The van der Waals surface area contributed by atoms with Crippen LogP contribution in [0.2, 0.25) is 0 Å². The van der Waals surface area contributed by atoms with Crippen LogP contribution in [-0.4, -0.2) is 35.4 Å². The quantitative estimate of drug-likeness (QED) is 0.614. The first kappa shape index (κ1) is 19.6. The number of hydrogen-bond donors (Lipinski definition) is 3. The Labute approximate surface area is 191 Å². The number of rotatable bonds is 3. The van der Waals surface area contributed by atoms with Gasteiger partial charge in [0.2, 0.25) is 6.29 Å². The fourth-order valence-corrected chi connectivity index (χ4v) is 5.22. The number of halogens is 1. The summed E-state index contributed by atoms with van der Waals surface area (Å²) in [5, 5.41) is 9.75. The predicted octanol–water partition coefficient (Wildman–Crippen LogP) is 4.17. The first-order valence-electron chi connectivity index (χ1n) is 11.0. The van der Waals surface area contributed by atoms with Crippen molar-refractivity contribution in [2.45, 2.75) is 55.9 Å². The zero-order chi connectivity index (χ0) is 21.9. The molecule has 1 fully saturated rings. The number of benzene rings is 2. The smallest absolute Gasteiger partial charge is 0.408 e. The fourth-order valence-electron chi connectivity index (χ4n) is 5.06. The lowest BCUT2D eigenvalue weighted by Crippen LogP contribution is -2.42. The summed E-state index contributed by atoms with van der Waals surface area (Å²) < 4.78 is 5.34. The highest BCUT2D eigenvalue weighted by Gasteiger charge is 2.41. The van der Waals surface area contributed by atoms with Crippen LogP contribution in [0.3, 0.4) is 0 Å². The van der Waals surface area contributed by atoms with Gasteiger partial charge >= 0.3 is 6.09 Å². The van der Waals surface area contributed by atoms with Crippen molar-refractivity contribution in [2.75, 3.05) is 10.6 Å². The number of alkyl carbamates (subject to hydrolysis) is 1. The number of hydrogen-bond acceptors (Lipinski definition) is 6. The van der Waals surface area contributed by atoms with Gasteiger partial charge in [-0.25, -0.2) is 14.8 Å². The summed E-state index contributed by atoms with van der Waals surface area (Å²) >= 11 is 6.73. The van der Waals surface area contributed by atoms with E-state index < -0.39 is 11.2 Å². The van der Waals surface area contributed by atoms with Crippen LogP contribution in [0.1, 0.15) is 41.6 Å². The molecule has 2 aromatic carbocycles. The van der Waals surface area contributed by atoms with Crippen molar-refractivity contribution in [3.05, 3.63) is 58.7 Å². The number of amides is 1. The molecule has 4 atom stereocenters. The normalized spacial score (nSPS) is 29.5. The first-order valence-corrected chi connectivity index (χ1v) is 11.4. The van der Waals surface area contributed by atoms with Gasteiger partial charge in [-0.3, -0.25) is 0 Å². The molecular weight excluding hydrogens is 426 g/mol. The highest BCUT2D eigenvalue weighted by molar-refractivity contribution is 6.46. The molecule has 0 saturated carbocycles. The molecular formula is C24H24ClN5O2. The zero-order valence-electron chi connectivity index (χ0n) is 17.7. The molecule has 2 aromatic rings.